The molecule has 0 amide bonds. The fraction of sp³-hybridized carbons (Fsp3) is 0.385. The van der Waals surface area contributed by atoms with Crippen molar-refractivity contribution in [1.82, 2.24) is 0 Å². The van der Waals surface area contributed by atoms with E-state index in [2.05, 4.69) is 22.0 Å². The number of hydrogen-bond donors (Lipinski definition) is 1. The van der Waals surface area contributed by atoms with Gasteiger partial charge < -0.3 is 5.73 Å². The number of benzene rings is 1. The Labute approximate surface area is 110 Å². The van der Waals surface area contributed by atoms with E-state index in [1.54, 1.807) is 0 Å². The molecule has 0 heterocycles. The average molecular weight is 301 g/mol. The Bertz CT molecular complexity index is 414. The van der Waals surface area contributed by atoms with Crippen molar-refractivity contribution in [2.45, 2.75) is 31.7 Å². The van der Waals surface area contributed by atoms with Crippen LogP contribution in [0.5, 0.6) is 0 Å². The van der Waals surface area contributed by atoms with Gasteiger partial charge in [-0.25, -0.2) is 0 Å². The highest BCUT2D eigenvalue weighted by Gasteiger charge is 2.16. The smallest absolute Gasteiger partial charge is 0.0522 e. The summed E-state index contributed by atoms with van der Waals surface area (Å²) in [6, 6.07) is 5.76. The lowest BCUT2D eigenvalue weighted by Crippen LogP contribution is -2.15. The van der Waals surface area contributed by atoms with Gasteiger partial charge in [-0.15, -0.1) is 0 Å². The molecule has 2 rings (SSSR count). The molecule has 0 bridgehead atoms. The molecule has 1 aromatic carbocycles. The van der Waals surface area contributed by atoms with Gasteiger partial charge in [-0.1, -0.05) is 39.2 Å². The molecule has 1 aliphatic carbocycles. The molecule has 0 saturated heterocycles. The van der Waals surface area contributed by atoms with Gasteiger partial charge in [-0.05, 0) is 49.4 Å². The van der Waals surface area contributed by atoms with Gasteiger partial charge in [0, 0.05) is 9.50 Å². The van der Waals surface area contributed by atoms with E-state index in [0.29, 0.717) is 0 Å². The average Bonchev–Trinajstić information content (AvgIpc) is 2.32. The van der Waals surface area contributed by atoms with E-state index >= 15 is 0 Å². The minimum atomic E-state index is -0.0200. The molecule has 0 radical (unpaired) electrons. The molecule has 16 heavy (non-hydrogen) atoms. The molecule has 86 valence electrons. The minimum Gasteiger partial charge on any atom is -0.321 e. The molecule has 0 saturated carbocycles. The summed E-state index contributed by atoms with van der Waals surface area (Å²) in [4.78, 5) is 0. The third-order valence-corrected chi connectivity index (χ3v) is 3.98. The summed E-state index contributed by atoms with van der Waals surface area (Å²) in [5.41, 5.74) is 8.71. The van der Waals surface area contributed by atoms with Crippen molar-refractivity contribution in [2.24, 2.45) is 5.73 Å². The second-order valence-corrected chi connectivity index (χ2v) is 5.46. The van der Waals surface area contributed by atoms with Crippen LogP contribution in [-0.4, -0.2) is 0 Å². The summed E-state index contributed by atoms with van der Waals surface area (Å²) in [5, 5.41) is 0.741. The number of allylic oxidation sites excluding steroid dienone is 1. The van der Waals surface area contributed by atoms with E-state index in [1.807, 2.05) is 18.2 Å². The molecule has 1 atom stereocenters. The van der Waals surface area contributed by atoms with Gasteiger partial charge in [0.1, 0.15) is 0 Å². The third kappa shape index (κ3) is 2.68. The Morgan fingerprint density at radius 1 is 1.31 bits per heavy atom. The number of rotatable bonds is 2. The lowest BCUT2D eigenvalue weighted by atomic mass is 9.90. The van der Waals surface area contributed by atoms with Crippen molar-refractivity contribution in [2.75, 3.05) is 0 Å². The topological polar surface area (TPSA) is 26.0 Å². The Morgan fingerprint density at radius 3 is 2.81 bits per heavy atom. The van der Waals surface area contributed by atoms with Crippen LogP contribution in [0, 0.1) is 0 Å². The van der Waals surface area contributed by atoms with E-state index in [4.69, 9.17) is 17.3 Å². The molecule has 1 nitrogen and oxygen atoms in total. The second kappa shape index (κ2) is 5.35. The summed E-state index contributed by atoms with van der Waals surface area (Å²) < 4.78 is 1.04. The largest absolute Gasteiger partial charge is 0.321 e. The number of nitrogens with two attached hydrogens (primary N) is 1. The Morgan fingerprint density at radius 2 is 2.12 bits per heavy atom. The van der Waals surface area contributed by atoms with Crippen LogP contribution in [0.2, 0.25) is 5.02 Å². The zero-order valence-electron chi connectivity index (χ0n) is 9.05. The van der Waals surface area contributed by atoms with Crippen LogP contribution < -0.4 is 5.73 Å². The Hall–Kier alpha value is -0.310. The van der Waals surface area contributed by atoms with Crippen LogP contribution in [0.4, 0.5) is 0 Å². The van der Waals surface area contributed by atoms with Crippen molar-refractivity contribution >= 4 is 27.5 Å². The summed E-state index contributed by atoms with van der Waals surface area (Å²) in [6.45, 7) is 0. The fourth-order valence-corrected chi connectivity index (χ4v) is 2.77. The molecule has 1 aromatic rings. The monoisotopic (exact) mass is 299 g/mol. The van der Waals surface area contributed by atoms with Crippen molar-refractivity contribution in [3.63, 3.8) is 0 Å². The van der Waals surface area contributed by atoms with Crippen molar-refractivity contribution < 1.29 is 0 Å². The summed E-state index contributed by atoms with van der Waals surface area (Å²) >= 11 is 9.54. The van der Waals surface area contributed by atoms with Crippen LogP contribution in [-0.2, 0) is 0 Å². The third-order valence-electron chi connectivity index (χ3n) is 3.02. The molecule has 1 unspecified atom stereocenters. The minimum absolute atomic E-state index is 0.0200. The normalized spacial score (nSPS) is 18.1. The first kappa shape index (κ1) is 12.2. The molecule has 0 spiro atoms. The van der Waals surface area contributed by atoms with Crippen molar-refractivity contribution in [3.05, 3.63) is 44.9 Å². The summed E-state index contributed by atoms with van der Waals surface area (Å²) in [5.74, 6) is 0. The van der Waals surface area contributed by atoms with Crippen LogP contribution in [0.3, 0.4) is 0 Å². The second-order valence-electron chi connectivity index (χ2n) is 4.17. The number of hydrogen-bond acceptors (Lipinski definition) is 1. The van der Waals surface area contributed by atoms with E-state index in [9.17, 15) is 0 Å². The molecular weight excluding hydrogens is 286 g/mol. The lowest BCUT2D eigenvalue weighted by Gasteiger charge is -2.21. The van der Waals surface area contributed by atoms with Crippen LogP contribution >= 0.6 is 27.5 Å². The highest BCUT2D eigenvalue weighted by molar-refractivity contribution is 9.10. The maximum atomic E-state index is 6.28. The molecule has 3 heteroatoms. The van der Waals surface area contributed by atoms with Gasteiger partial charge >= 0.3 is 0 Å². The maximum absolute atomic E-state index is 6.28. The van der Waals surface area contributed by atoms with Gasteiger partial charge in [0.2, 0.25) is 0 Å². The first-order valence-corrected chi connectivity index (χ1v) is 6.75. The molecule has 0 aromatic heterocycles. The van der Waals surface area contributed by atoms with E-state index < -0.39 is 0 Å². The van der Waals surface area contributed by atoms with E-state index in [1.165, 1.54) is 18.4 Å². The molecule has 0 aliphatic heterocycles. The SMILES string of the molecule is NC(C1=CCCCC1)c1cc(Cl)ccc1Br. The Kier molecular flexibility index (Phi) is 4.06. The highest BCUT2D eigenvalue weighted by atomic mass is 79.9. The first-order valence-electron chi connectivity index (χ1n) is 5.58. The fourth-order valence-electron chi connectivity index (χ4n) is 2.10. The van der Waals surface area contributed by atoms with E-state index in [0.717, 1.165) is 27.9 Å². The summed E-state index contributed by atoms with van der Waals surface area (Å²) in [6.07, 6.45) is 7.08. The predicted molar refractivity (Wildman–Crippen MR) is 72.6 cm³/mol. The van der Waals surface area contributed by atoms with Crippen LogP contribution in [0.15, 0.2) is 34.3 Å². The van der Waals surface area contributed by atoms with Gasteiger partial charge in [0.05, 0.1) is 6.04 Å². The molecule has 2 N–H and O–H groups in total. The standard InChI is InChI=1S/C13H15BrClN/c14-12-7-6-10(15)8-11(12)13(16)9-4-2-1-3-5-9/h4,6-8,13H,1-3,5,16H2. The van der Waals surface area contributed by atoms with Crippen molar-refractivity contribution in [1.29, 1.82) is 0 Å². The zero-order chi connectivity index (χ0) is 11.5. The first-order chi connectivity index (χ1) is 7.68. The van der Waals surface area contributed by atoms with Gasteiger partial charge in [0.15, 0.2) is 0 Å². The maximum Gasteiger partial charge on any atom is 0.0522 e. The van der Waals surface area contributed by atoms with Gasteiger partial charge in [-0.3, -0.25) is 0 Å². The Balaban J connectivity index is 2.29. The van der Waals surface area contributed by atoms with Gasteiger partial charge in [0.25, 0.3) is 0 Å². The highest BCUT2D eigenvalue weighted by Crippen LogP contribution is 2.33. The molecule has 1 aliphatic rings. The number of halogens is 2. The quantitative estimate of drug-likeness (QED) is 0.794. The summed E-state index contributed by atoms with van der Waals surface area (Å²) in [7, 11) is 0. The zero-order valence-corrected chi connectivity index (χ0v) is 11.4. The predicted octanol–water partition coefficient (Wildman–Crippen LogP) is 4.60. The molecule has 0 fully saturated rings. The van der Waals surface area contributed by atoms with E-state index in [-0.39, 0.29) is 6.04 Å². The van der Waals surface area contributed by atoms with Crippen LogP contribution in [0.25, 0.3) is 0 Å². The van der Waals surface area contributed by atoms with Crippen LogP contribution in [0.1, 0.15) is 37.3 Å². The van der Waals surface area contributed by atoms with Crippen molar-refractivity contribution in [3.8, 4) is 0 Å². The lowest BCUT2D eigenvalue weighted by molar-refractivity contribution is 0.647. The van der Waals surface area contributed by atoms with Gasteiger partial charge in [-0.2, -0.15) is 0 Å². The molecular formula is C13H15BrClN.